The van der Waals surface area contributed by atoms with E-state index in [4.69, 9.17) is 16.7 Å². The zero-order valence-electron chi connectivity index (χ0n) is 10.9. The van der Waals surface area contributed by atoms with Crippen molar-refractivity contribution in [2.24, 2.45) is 0 Å². The molecule has 2 heterocycles. The summed E-state index contributed by atoms with van der Waals surface area (Å²) in [6, 6.07) is 7.58. The van der Waals surface area contributed by atoms with Crippen LogP contribution in [0.4, 0.5) is 17.6 Å². The van der Waals surface area contributed by atoms with Crippen LogP contribution in [0.2, 0.25) is 0 Å². The summed E-state index contributed by atoms with van der Waals surface area (Å²) in [5.41, 5.74) is 12.3. The molecule has 0 atom stereocenters. The normalized spacial score (nSPS) is 9.95. The summed E-state index contributed by atoms with van der Waals surface area (Å²) in [5, 5.41) is 8.77. The Balaban J connectivity index is 2.25. The highest BCUT2D eigenvalue weighted by atomic mass is 15.2. The Morgan fingerprint density at radius 3 is 2.80 bits per heavy atom. The van der Waals surface area contributed by atoms with Crippen LogP contribution in [0.15, 0.2) is 30.6 Å². The lowest BCUT2D eigenvalue weighted by molar-refractivity contribution is 0.779. The smallest absolute Gasteiger partial charge is 0.223 e. The lowest BCUT2D eigenvalue weighted by Gasteiger charge is -2.22. The molecule has 2 rings (SSSR count). The van der Waals surface area contributed by atoms with Gasteiger partial charge in [-0.3, -0.25) is 4.98 Å². The van der Waals surface area contributed by atoms with Gasteiger partial charge in [-0.05, 0) is 11.6 Å². The Morgan fingerprint density at radius 2 is 2.15 bits per heavy atom. The van der Waals surface area contributed by atoms with Gasteiger partial charge in [-0.15, -0.1) is 0 Å². The quantitative estimate of drug-likeness (QED) is 0.829. The first-order chi connectivity index (χ1) is 9.69. The number of hydrogen-bond acceptors (Lipinski definition) is 7. The van der Waals surface area contributed by atoms with Crippen LogP contribution in [0.5, 0.6) is 0 Å². The predicted molar refractivity (Wildman–Crippen MR) is 76.4 cm³/mol. The third kappa shape index (κ3) is 3.55. The molecule has 0 unspecified atom stereocenters. The first-order valence-corrected chi connectivity index (χ1v) is 6.10. The van der Waals surface area contributed by atoms with Crippen molar-refractivity contribution >= 4 is 17.6 Å². The molecule has 4 N–H and O–H groups in total. The predicted octanol–water partition coefficient (Wildman–Crippen LogP) is 0.956. The minimum Gasteiger partial charge on any atom is -0.383 e. The van der Waals surface area contributed by atoms with Crippen LogP contribution in [0, 0.1) is 11.3 Å². The van der Waals surface area contributed by atoms with Gasteiger partial charge in [-0.25, -0.2) is 0 Å². The van der Waals surface area contributed by atoms with Gasteiger partial charge in [-0.2, -0.15) is 15.2 Å². The van der Waals surface area contributed by atoms with E-state index in [9.17, 15) is 0 Å². The minimum absolute atomic E-state index is 0.119. The largest absolute Gasteiger partial charge is 0.383 e. The molecule has 2 aromatic rings. The molecule has 0 aromatic carbocycles. The van der Waals surface area contributed by atoms with Crippen molar-refractivity contribution in [3.63, 3.8) is 0 Å². The molecule has 20 heavy (non-hydrogen) atoms. The number of pyridine rings is 1. The molecule has 0 aliphatic carbocycles. The number of hydrogen-bond donors (Lipinski definition) is 2. The third-order valence-corrected chi connectivity index (χ3v) is 2.66. The van der Waals surface area contributed by atoms with Crippen LogP contribution < -0.4 is 16.4 Å². The van der Waals surface area contributed by atoms with Crippen molar-refractivity contribution in [1.82, 2.24) is 15.0 Å². The molecule has 0 bridgehead atoms. The fraction of sp³-hybridized carbons (Fsp3) is 0.231. The first kappa shape index (κ1) is 13.5. The molecule has 0 aliphatic heterocycles. The highest BCUT2D eigenvalue weighted by molar-refractivity contribution is 5.50. The number of anilines is 3. The third-order valence-electron chi connectivity index (χ3n) is 2.66. The Labute approximate surface area is 116 Å². The summed E-state index contributed by atoms with van der Waals surface area (Å²) < 4.78 is 0. The van der Waals surface area contributed by atoms with Crippen LogP contribution in [0.25, 0.3) is 0 Å². The molecule has 7 nitrogen and oxygen atoms in total. The van der Waals surface area contributed by atoms with Crippen LogP contribution in [0.3, 0.4) is 0 Å². The van der Waals surface area contributed by atoms with E-state index in [1.165, 1.54) is 0 Å². The van der Waals surface area contributed by atoms with Gasteiger partial charge in [0.25, 0.3) is 0 Å². The molecular formula is C13H15N7. The van der Waals surface area contributed by atoms with Gasteiger partial charge in [0.05, 0.1) is 12.5 Å². The van der Waals surface area contributed by atoms with Gasteiger partial charge >= 0.3 is 0 Å². The van der Waals surface area contributed by atoms with Crippen molar-refractivity contribution in [2.75, 3.05) is 22.9 Å². The van der Waals surface area contributed by atoms with Gasteiger partial charge in [0, 0.05) is 31.5 Å². The Bertz CT molecular complexity index is 586. The molecule has 0 saturated carbocycles. The molecule has 2 aromatic heterocycles. The van der Waals surface area contributed by atoms with E-state index in [2.05, 4.69) is 21.0 Å². The second-order valence-corrected chi connectivity index (χ2v) is 4.20. The van der Waals surface area contributed by atoms with Crippen LogP contribution in [-0.2, 0) is 6.54 Å². The van der Waals surface area contributed by atoms with Crippen LogP contribution in [0.1, 0.15) is 12.0 Å². The van der Waals surface area contributed by atoms with Crippen molar-refractivity contribution < 1.29 is 0 Å². The van der Waals surface area contributed by atoms with Gasteiger partial charge in [-0.1, -0.05) is 6.07 Å². The Morgan fingerprint density at radius 1 is 1.30 bits per heavy atom. The lowest BCUT2D eigenvalue weighted by Crippen LogP contribution is -2.25. The topological polar surface area (TPSA) is 118 Å². The first-order valence-electron chi connectivity index (χ1n) is 6.10. The number of aromatic nitrogens is 3. The second-order valence-electron chi connectivity index (χ2n) is 4.20. The molecule has 0 amide bonds. The molecule has 0 aliphatic rings. The molecular weight excluding hydrogens is 254 g/mol. The second kappa shape index (κ2) is 6.33. The standard InChI is InChI=1S/C13H15N7/c14-4-2-6-20(9-10-3-1-5-17-8-10)12-7-11(15)18-13(16)19-12/h1,3,5,7-8H,2,6,9H2,(H4,15,16,18,19). The highest BCUT2D eigenvalue weighted by Crippen LogP contribution is 2.18. The zero-order chi connectivity index (χ0) is 14.4. The Kier molecular flexibility index (Phi) is 4.29. The highest BCUT2D eigenvalue weighted by Gasteiger charge is 2.11. The zero-order valence-corrected chi connectivity index (χ0v) is 10.9. The van der Waals surface area contributed by atoms with E-state index in [1.807, 2.05) is 17.0 Å². The summed E-state index contributed by atoms with van der Waals surface area (Å²) in [4.78, 5) is 14.0. The van der Waals surface area contributed by atoms with Crippen LogP contribution >= 0.6 is 0 Å². The average Bonchev–Trinajstić information content (AvgIpc) is 2.43. The summed E-state index contributed by atoms with van der Waals surface area (Å²) >= 11 is 0. The van der Waals surface area contributed by atoms with E-state index in [0.717, 1.165) is 5.56 Å². The summed E-state index contributed by atoms with van der Waals surface area (Å²) in [6.07, 6.45) is 3.86. The van der Waals surface area contributed by atoms with Gasteiger partial charge in [0.1, 0.15) is 11.6 Å². The molecule has 0 saturated heterocycles. The van der Waals surface area contributed by atoms with Gasteiger partial charge in [0.15, 0.2) is 0 Å². The van der Waals surface area contributed by atoms with Crippen LogP contribution in [-0.4, -0.2) is 21.5 Å². The number of nitrogens with two attached hydrogens (primary N) is 2. The maximum Gasteiger partial charge on any atom is 0.223 e. The monoisotopic (exact) mass is 269 g/mol. The molecule has 0 radical (unpaired) electrons. The SMILES string of the molecule is N#CCCN(Cc1cccnc1)c1cc(N)nc(N)n1. The molecule has 7 heteroatoms. The summed E-state index contributed by atoms with van der Waals surface area (Å²) in [5.74, 6) is 1.03. The Hall–Kier alpha value is -2.88. The van der Waals surface area contributed by atoms with Crippen molar-refractivity contribution in [3.05, 3.63) is 36.2 Å². The van der Waals surface area contributed by atoms with Gasteiger partial charge < -0.3 is 16.4 Å². The number of rotatable bonds is 5. The van der Waals surface area contributed by atoms with E-state index in [1.54, 1.807) is 18.5 Å². The van der Waals surface area contributed by atoms with E-state index in [0.29, 0.717) is 31.1 Å². The summed E-state index contributed by atoms with van der Waals surface area (Å²) in [6.45, 7) is 1.10. The fourth-order valence-electron chi connectivity index (χ4n) is 1.81. The maximum atomic E-state index is 8.77. The molecule has 0 fully saturated rings. The number of nitrogen functional groups attached to an aromatic ring is 2. The average molecular weight is 269 g/mol. The minimum atomic E-state index is 0.119. The maximum absolute atomic E-state index is 8.77. The number of nitrogens with zero attached hydrogens (tertiary/aromatic N) is 5. The van der Waals surface area contributed by atoms with Gasteiger partial charge in [0.2, 0.25) is 5.95 Å². The lowest BCUT2D eigenvalue weighted by atomic mass is 10.2. The fourth-order valence-corrected chi connectivity index (χ4v) is 1.81. The van der Waals surface area contributed by atoms with Crippen molar-refractivity contribution in [1.29, 1.82) is 5.26 Å². The number of nitriles is 1. The van der Waals surface area contributed by atoms with E-state index in [-0.39, 0.29) is 5.95 Å². The molecule has 0 spiro atoms. The van der Waals surface area contributed by atoms with Crippen molar-refractivity contribution in [3.8, 4) is 6.07 Å². The molecule has 102 valence electrons. The van der Waals surface area contributed by atoms with E-state index >= 15 is 0 Å². The van der Waals surface area contributed by atoms with Crippen molar-refractivity contribution in [2.45, 2.75) is 13.0 Å². The summed E-state index contributed by atoms with van der Waals surface area (Å²) in [7, 11) is 0. The van der Waals surface area contributed by atoms with E-state index < -0.39 is 0 Å².